The molecule has 124 valence electrons. The highest BCUT2D eigenvalue weighted by atomic mass is 19.4. The maximum Gasteiger partial charge on any atom is 0.390 e. The van der Waals surface area contributed by atoms with Crippen molar-refractivity contribution in [3.63, 3.8) is 0 Å². The van der Waals surface area contributed by atoms with E-state index >= 15 is 0 Å². The van der Waals surface area contributed by atoms with E-state index in [1.54, 1.807) is 0 Å². The van der Waals surface area contributed by atoms with Crippen molar-refractivity contribution >= 4 is 11.9 Å². The first-order valence-electron chi connectivity index (χ1n) is 7.04. The molecular weight excluding hydrogens is 287 g/mol. The van der Waals surface area contributed by atoms with Crippen molar-refractivity contribution in [2.24, 2.45) is 4.99 Å². The number of methoxy groups -OCH3 is 1. The largest absolute Gasteiger partial charge is 0.469 e. The maximum atomic E-state index is 12.0. The molecule has 5 nitrogen and oxygen atoms in total. The van der Waals surface area contributed by atoms with Crippen LogP contribution in [0.1, 0.15) is 39.0 Å². The third kappa shape index (κ3) is 13.3. The monoisotopic (exact) mass is 311 g/mol. The number of nitrogens with zero attached hydrogens (tertiary/aromatic N) is 1. The second-order valence-corrected chi connectivity index (χ2v) is 4.44. The molecule has 0 aliphatic carbocycles. The number of hydrogen-bond donors (Lipinski definition) is 2. The number of unbranched alkanes of at least 4 members (excludes halogenated alkanes) is 2. The summed E-state index contributed by atoms with van der Waals surface area (Å²) in [6.45, 7) is 2.73. The van der Waals surface area contributed by atoms with Crippen LogP contribution >= 0.6 is 0 Å². The van der Waals surface area contributed by atoms with E-state index in [-0.39, 0.29) is 12.5 Å². The summed E-state index contributed by atoms with van der Waals surface area (Å²) in [5.74, 6) is 0.148. The fourth-order valence-electron chi connectivity index (χ4n) is 1.52. The molecule has 0 aliphatic rings. The normalized spacial score (nSPS) is 12.1. The molecule has 0 aromatic carbocycles. The minimum atomic E-state index is -4.17. The van der Waals surface area contributed by atoms with Crippen LogP contribution in [-0.2, 0) is 9.53 Å². The standard InChI is InChI=1S/C13H24F3N3O2/c1-3-17-12(19-10-8-13(14,15)16)18-9-6-4-5-7-11(20)21-2/h3-10H2,1-2H3,(H2,17,18,19). The van der Waals surface area contributed by atoms with Crippen molar-refractivity contribution in [3.8, 4) is 0 Å². The number of nitrogens with one attached hydrogen (secondary N) is 2. The van der Waals surface area contributed by atoms with E-state index in [1.807, 2.05) is 6.92 Å². The topological polar surface area (TPSA) is 62.7 Å². The summed E-state index contributed by atoms with van der Waals surface area (Å²) in [4.78, 5) is 15.1. The Balaban J connectivity index is 3.86. The predicted octanol–water partition coefficient (Wildman–Crippen LogP) is 2.23. The summed E-state index contributed by atoms with van der Waals surface area (Å²) in [7, 11) is 1.35. The van der Waals surface area contributed by atoms with Gasteiger partial charge in [0.1, 0.15) is 0 Å². The smallest absolute Gasteiger partial charge is 0.390 e. The molecule has 0 aliphatic heterocycles. The maximum absolute atomic E-state index is 12.0. The summed E-state index contributed by atoms with van der Waals surface area (Å²) in [5.41, 5.74) is 0. The number of rotatable bonds is 9. The minimum Gasteiger partial charge on any atom is -0.469 e. The average Bonchev–Trinajstić information content (AvgIpc) is 2.40. The van der Waals surface area contributed by atoms with Crippen LogP contribution in [-0.4, -0.2) is 44.8 Å². The van der Waals surface area contributed by atoms with Gasteiger partial charge in [-0.3, -0.25) is 9.79 Å². The Kier molecular flexibility index (Phi) is 10.4. The van der Waals surface area contributed by atoms with Gasteiger partial charge in [-0.15, -0.1) is 0 Å². The summed E-state index contributed by atoms with van der Waals surface area (Å²) in [5, 5.41) is 5.52. The van der Waals surface area contributed by atoms with Crippen LogP contribution in [0.2, 0.25) is 0 Å². The third-order valence-corrected chi connectivity index (χ3v) is 2.58. The highest BCUT2D eigenvalue weighted by molar-refractivity contribution is 5.79. The lowest BCUT2D eigenvalue weighted by Crippen LogP contribution is -2.39. The van der Waals surface area contributed by atoms with Crippen LogP contribution in [0, 0.1) is 0 Å². The van der Waals surface area contributed by atoms with Crippen LogP contribution in [0.5, 0.6) is 0 Å². The number of aliphatic imine (C=N–C) groups is 1. The van der Waals surface area contributed by atoms with Crippen molar-refractivity contribution in [2.75, 3.05) is 26.7 Å². The molecule has 8 heteroatoms. The zero-order valence-electron chi connectivity index (χ0n) is 12.6. The van der Waals surface area contributed by atoms with Crippen molar-refractivity contribution in [1.29, 1.82) is 0 Å². The molecule has 0 radical (unpaired) electrons. The first kappa shape index (κ1) is 19.5. The fraction of sp³-hybridized carbons (Fsp3) is 0.846. The second-order valence-electron chi connectivity index (χ2n) is 4.44. The zero-order valence-corrected chi connectivity index (χ0v) is 12.6. The van der Waals surface area contributed by atoms with Crippen molar-refractivity contribution in [1.82, 2.24) is 10.6 Å². The minimum absolute atomic E-state index is 0.197. The van der Waals surface area contributed by atoms with Gasteiger partial charge in [0.2, 0.25) is 0 Å². The molecule has 0 aromatic heterocycles. The first-order chi connectivity index (χ1) is 9.89. The molecule has 0 amide bonds. The van der Waals surface area contributed by atoms with E-state index in [0.29, 0.717) is 25.5 Å². The lowest BCUT2D eigenvalue weighted by Gasteiger charge is -2.12. The van der Waals surface area contributed by atoms with Gasteiger partial charge in [-0.05, 0) is 19.8 Å². The molecule has 0 atom stereocenters. The number of ether oxygens (including phenoxy) is 1. The van der Waals surface area contributed by atoms with Crippen molar-refractivity contribution < 1.29 is 22.7 Å². The lowest BCUT2D eigenvalue weighted by molar-refractivity contribution is -0.140. The van der Waals surface area contributed by atoms with Gasteiger partial charge in [-0.1, -0.05) is 6.42 Å². The molecule has 0 bridgehead atoms. The number of carbonyl (C=O) groups excluding carboxylic acids is 1. The number of guanidine groups is 1. The molecule has 21 heavy (non-hydrogen) atoms. The van der Waals surface area contributed by atoms with E-state index in [9.17, 15) is 18.0 Å². The Morgan fingerprint density at radius 3 is 2.48 bits per heavy atom. The highest BCUT2D eigenvalue weighted by Gasteiger charge is 2.26. The van der Waals surface area contributed by atoms with Crippen LogP contribution < -0.4 is 10.6 Å². The molecule has 0 saturated heterocycles. The van der Waals surface area contributed by atoms with Crippen LogP contribution in [0.25, 0.3) is 0 Å². The van der Waals surface area contributed by atoms with Crippen LogP contribution in [0.4, 0.5) is 13.2 Å². The first-order valence-corrected chi connectivity index (χ1v) is 7.04. The van der Waals surface area contributed by atoms with Gasteiger partial charge < -0.3 is 15.4 Å². The molecule has 0 heterocycles. The average molecular weight is 311 g/mol. The van der Waals surface area contributed by atoms with Crippen molar-refractivity contribution in [2.45, 2.75) is 45.2 Å². The van der Waals surface area contributed by atoms with Crippen molar-refractivity contribution in [3.05, 3.63) is 0 Å². The van der Waals surface area contributed by atoms with E-state index < -0.39 is 12.6 Å². The Morgan fingerprint density at radius 2 is 1.90 bits per heavy atom. The van der Waals surface area contributed by atoms with Crippen LogP contribution in [0.15, 0.2) is 4.99 Å². The predicted molar refractivity (Wildman–Crippen MR) is 75.1 cm³/mol. The van der Waals surface area contributed by atoms with Gasteiger partial charge in [-0.2, -0.15) is 13.2 Å². The third-order valence-electron chi connectivity index (χ3n) is 2.58. The summed E-state index contributed by atoms with van der Waals surface area (Å²) in [6, 6.07) is 0. The van der Waals surface area contributed by atoms with E-state index in [4.69, 9.17) is 0 Å². The van der Waals surface area contributed by atoms with Gasteiger partial charge >= 0.3 is 12.1 Å². The second kappa shape index (κ2) is 11.2. The zero-order chi connectivity index (χ0) is 16.1. The SMILES string of the molecule is CCNC(=NCCCCCC(=O)OC)NCCC(F)(F)F. The van der Waals surface area contributed by atoms with Gasteiger partial charge in [-0.25, -0.2) is 0 Å². The number of esters is 1. The molecule has 2 N–H and O–H groups in total. The molecule has 0 saturated carbocycles. The molecule has 0 unspecified atom stereocenters. The van der Waals surface area contributed by atoms with E-state index in [2.05, 4.69) is 20.4 Å². The van der Waals surface area contributed by atoms with Gasteiger partial charge in [0.25, 0.3) is 0 Å². The molecule has 0 fully saturated rings. The Morgan fingerprint density at radius 1 is 1.19 bits per heavy atom. The number of hydrogen-bond acceptors (Lipinski definition) is 3. The number of alkyl halides is 3. The molecular formula is C13H24F3N3O2. The Hall–Kier alpha value is -1.47. The number of carbonyl (C=O) groups is 1. The Labute approximate surface area is 123 Å². The quantitative estimate of drug-likeness (QED) is 0.297. The van der Waals surface area contributed by atoms with Gasteiger partial charge in [0.05, 0.1) is 13.5 Å². The molecule has 0 aromatic rings. The van der Waals surface area contributed by atoms with Crippen LogP contribution in [0.3, 0.4) is 0 Å². The lowest BCUT2D eigenvalue weighted by atomic mass is 10.2. The summed E-state index contributed by atoms with van der Waals surface area (Å²) >= 11 is 0. The summed E-state index contributed by atoms with van der Waals surface area (Å²) in [6.07, 6.45) is -2.37. The van der Waals surface area contributed by atoms with E-state index in [1.165, 1.54) is 7.11 Å². The highest BCUT2D eigenvalue weighted by Crippen LogP contribution is 2.17. The molecule has 0 rings (SSSR count). The van der Waals surface area contributed by atoms with E-state index in [0.717, 1.165) is 19.3 Å². The fourth-order valence-corrected chi connectivity index (χ4v) is 1.52. The Bertz CT molecular complexity index is 320. The molecule has 0 spiro atoms. The summed E-state index contributed by atoms with van der Waals surface area (Å²) < 4.78 is 40.6. The van der Waals surface area contributed by atoms with Gasteiger partial charge in [0.15, 0.2) is 5.96 Å². The number of halogens is 3. The van der Waals surface area contributed by atoms with Gasteiger partial charge in [0, 0.05) is 26.1 Å².